The van der Waals surface area contributed by atoms with E-state index in [1.165, 1.54) is 20.4 Å². The Morgan fingerprint density at radius 1 is 1.19 bits per heavy atom. The topological polar surface area (TPSA) is 53.4 Å². The molecule has 1 heterocycles. The minimum atomic E-state index is -0.219. The predicted molar refractivity (Wildman–Crippen MR) is 80.6 cm³/mol. The number of carbonyl (C=O) groups is 1. The molecule has 5 nitrogen and oxygen atoms in total. The molecule has 0 aliphatic heterocycles. The van der Waals surface area contributed by atoms with Crippen LogP contribution in [-0.2, 0) is 0 Å². The molecule has 0 saturated carbocycles. The van der Waals surface area contributed by atoms with Crippen molar-refractivity contribution in [2.75, 3.05) is 14.2 Å². The molecule has 2 rings (SSSR count). The molecular weight excluding hydrogens is 292 g/mol. The quantitative estimate of drug-likeness (QED) is 0.795. The smallest absolute Gasteiger partial charge is 0.212 e. The van der Waals surface area contributed by atoms with E-state index < -0.39 is 0 Å². The number of hydrogen-bond acceptors (Lipinski definition) is 4. The monoisotopic (exact) mass is 308 g/mol. The summed E-state index contributed by atoms with van der Waals surface area (Å²) in [6.45, 7) is 3.87. The van der Waals surface area contributed by atoms with Gasteiger partial charge in [-0.2, -0.15) is 5.10 Å². The zero-order chi connectivity index (χ0) is 15.6. The normalized spacial score (nSPS) is 10.8. The summed E-state index contributed by atoms with van der Waals surface area (Å²) in [6.07, 6.45) is 1.48. The lowest BCUT2D eigenvalue weighted by Crippen LogP contribution is -2.14. The number of halogens is 1. The highest BCUT2D eigenvalue weighted by molar-refractivity contribution is 6.34. The molecule has 0 bridgehead atoms. The number of nitrogens with zero attached hydrogens (tertiary/aromatic N) is 2. The molecule has 0 unspecified atom stereocenters. The van der Waals surface area contributed by atoms with Crippen molar-refractivity contribution in [2.45, 2.75) is 19.9 Å². The average molecular weight is 309 g/mol. The molecular formula is C15H17ClN2O3. The van der Waals surface area contributed by atoms with Gasteiger partial charge in [-0.1, -0.05) is 11.6 Å². The first-order valence-electron chi connectivity index (χ1n) is 6.48. The highest BCUT2D eigenvalue weighted by Crippen LogP contribution is 2.27. The number of rotatable bonds is 5. The third kappa shape index (κ3) is 3.03. The SMILES string of the molecule is COc1cc(OC)cc(C(=O)c2c(Cl)cnn2C(C)C)c1. The van der Waals surface area contributed by atoms with Crippen LogP contribution in [0.15, 0.2) is 24.4 Å². The van der Waals surface area contributed by atoms with Gasteiger partial charge in [0.1, 0.15) is 17.2 Å². The van der Waals surface area contributed by atoms with E-state index in [0.29, 0.717) is 27.8 Å². The Balaban J connectivity index is 2.52. The Bertz CT molecular complexity index is 643. The van der Waals surface area contributed by atoms with Gasteiger partial charge in [0.2, 0.25) is 5.78 Å². The van der Waals surface area contributed by atoms with Gasteiger partial charge in [0.25, 0.3) is 0 Å². The van der Waals surface area contributed by atoms with E-state index >= 15 is 0 Å². The molecule has 0 fully saturated rings. The average Bonchev–Trinajstić information content (AvgIpc) is 2.87. The first-order valence-corrected chi connectivity index (χ1v) is 6.86. The standard InChI is InChI=1S/C15H17ClN2O3/c1-9(2)18-14(13(16)8-17-18)15(19)10-5-11(20-3)7-12(6-10)21-4/h5-9H,1-4H3. The van der Waals surface area contributed by atoms with E-state index in [1.807, 2.05) is 13.8 Å². The van der Waals surface area contributed by atoms with Gasteiger partial charge >= 0.3 is 0 Å². The fraction of sp³-hybridized carbons (Fsp3) is 0.333. The van der Waals surface area contributed by atoms with E-state index in [0.717, 1.165) is 0 Å². The third-order valence-corrected chi connectivity index (χ3v) is 3.35. The zero-order valence-corrected chi connectivity index (χ0v) is 13.1. The van der Waals surface area contributed by atoms with E-state index in [4.69, 9.17) is 21.1 Å². The third-order valence-electron chi connectivity index (χ3n) is 3.07. The van der Waals surface area contributed by atoms with Crippen LogP contribution in [0, 0.1) is 0 Å². The highest BCUT2D eigenvalue weighted by Gasteiger charge is 2.21. The van der Waals surface area contributed by atoms with Crippen LogP contribution < -0.4 is 9.47 Å². The summed E-state index contributed by atoms with van der Waals surface area (Å²) < 4.78 is 12.0. The molecule has 0 aliphatic rings. The van der Waals surface area contributed by atoms with Crippen molar-refractivity contribution in [2.24, 2.45) is 0 Å². The van der Waals surface area contributed by atoms with Crippen LogP contribution >= 0.6 is 11.6 Å². The fourth-order valence-corrected chi connectivity index (χ4v) is 2.24. The zero-order valence-electron chi connectivity index (χ0n) is 12.4. The van der Waals surface area contributed by atoms with E-state index in [2.05, 4.69) is 5.10 Å². The number of carbonyl (C=O) groups excluding carboxylic acids is 1. The Kier molecular flexibility index (Phi) is 4.53. The maximum atomic E-state index is 12.7. The molecule has 1 aromatic heterocycles. The number of ether oxygens (including phenoxy) is 2. The van der Waals surface area contributed by atoms with Crippen molar-refractivity contribution in [3.8, 4) is 11.5 Å². The second-order valence-electron chi connectivity index (χ2n) is 4.81. The molecule has 0 amide bonds. The van der Waals surface area contributed by atoms with Gasteiger partial charge in [-0.05, 0) is 26.0 Å². The lowest BCUT2D eigenvalue weighted by molar-refractivity contribution is 0.102. The lowest BCUT2D eigenvalue weighted by atomic mass is 10.1. The Morgan fingerprint density at radius 3 is 2.24 bits per heavy atom. The summed E-state index contributed by atoms with van der Waals surface area (Å²) in [5.41, 5.74) is 0.803. The van der Waals surface area contributed by atoms with Gasteiger partial charge in [-0.25, -0.2) is 0 Å². The number of benzene rings is 1. The lowest BCUT2D eigenvalue weighted by Gasteiger charge is -2.12. The minimum Gasteiger partial charge on any atom is -0.497 e. The summed E-state index contributed by atoms with van der Waals surface area (Å²) in [5.74, 6) is 0.872. The van der Waals surface area contributed by atoms with Crippen LogP contribution in [0.3, 0.4) is 0 Å². The van der Waals surface area contributed by atoms with Crippen molar-refractivity contribution in [1.82, 2.24) is 9.78 Å². The molecule has 1 aromatic carbocycles. The van der Waals surface area contributed by atoms with Gasteiger partial charge in [0.05, 0.1) is 25.4 Å². The summed E-state index contributed by atoms with van der Waals surface area (Å²) in [4.78, 5) is 12.7. The van der Waals surface area contributed by atoms with Crippen LogP contribution in [0.1, 0.15) is 35.9 Å². The molecule has 0 saturated heterocycles. The minimum absolute atomic E-state index is 0.0314. The van der Waals surface area contributed by atoms with Crippen LogP contribution in [0.4, 0.5) is 0 Å². The van der Waals surface area contributed by atoms with E-state index in [9.17, 15) is 4.79 Å². The maximum Gasteiger partial charge on any atom is 0.212 e. The van der Waals surface area contributed by atoms with Crippen molar-refractivity contribution < 1.29 is 14.3 Å². The van der Waals surface area contributed by atoms with E-state index in [-0.39, 0.29) is 11.8 Å². The van der Waals surface area contributed by atoms with Crippen molar-refractivity contribution in [1.29, 1.82) is 0 Å². The summed E-state index contributed by atoms with van der Waals surface area (Å²) in [5, 5.41) is 4.48. The van der Waals surface area contributed by atoms with Gasteiger partial charge in [-0.3, -0.25) is 9.48 Å². The van der Waals surface area contributed by atoms with Crippen molar-refractivity contribution in [3.05, 3.63) is 40.7 Å². The number of hydrogen-bond donors (Lipinski definition) is 0. The largest absolute Gasteiger partial charge is 0.497 e. The Labute approximate surface area is 128 Å². The molecule has 112 valence electrons. The second kappa shape index (κ2) is 6.18. The van der Waals surface area contributed by atoms with Gasteiger partial charge in [-0.15, -0.1) is 0 Å². The van der Waals surface area contributed by atoms with E-state index in [1.54, 1.807) is 22.9 Å². The summed E-state index contributed by atoms with van der Waals surface area (Å²) in [6, 6.07) is 5.04. The Morgan fingerprint density at radius 2 is 1.76 bits per heavy atom. The Hall–Kier alpha value is -2.01. The molecule has 0 radical (unpaired) electrons. The second-order valence-corrected chi connectivity index (χ2v) is 5.22. The van der Waals surface area contributed by atoms with Crippen molar-refractivity contribution >= 4 is 17.4 Å². The van der Waals surface area contributed by atoms with Crippen LogP contribution in [0.5, 0.6) is 11.5 Å². The first-order chi connectivity index (χ1) is 9.97. The highest BCUT2D eigenvalue weighted by atomic mass is 35.5. The predicted octanol–water partition coefficient (Wildman–Crippen LogP) is 3.37. The molecule has 0 spiro atoms. The molecule has 0 aliphatic carbocycles. The maximum absolute atomic E-state index is 12.7. The molecule has 0 N–H and O–H groups in total. The molecule has 21 heavy (non-hydrogen) atoms. The molecule has 0 atom stereocenters. The van der Waals surface area contributed by atoms with Gasteiger partial charge in [0.15, 0.2) is 0 Å². The van der Waals surface area contributed by atoms with Crippen LogP contribution in [0.2, 0.25) is 5.02 Å². The summed E-state index contributed by atoms with van der Waals surface area (Å²) >= 11 is 6.11. The number of ketones is 1. The first kappa shape index (κ1) is 15.4. The molecule has 2 aromatic rings. The number of aromatic nitrogens is 2. The molecule has 6 heteroatoms. The van der Waals surface area contributed by atoms with Gasteiger partial charge < -0.3 is 9.47 Å². The summed E-state index contributed by atoms with van der Waals surface area (Å²) in [7, 11) is 3.07. The van der Waals surface area contributed by atoms with Crippen LogP contribution in [0.25, 0.3) is 0 Å². The van der Waals surface area contributed by atoms with Gasteiger partial charge in [0, 0.05) is 17.7 Å². The number of methoxy groups -OCH3 is 2. The van der Waals surface area contributed by atoms with Crippen LogP contribution in [-0.4, -0.2) is 29.8 Å². The fourth-order valence-electron chi connectivity index (χ4n) is 2.02. The van der Waals surface area contributed by atoms with Crippen molar-refractivity contribution in [3.63, 3.8) is 0 Å².